The van der Waals surface area contributed by atoms with E-state index < -0.39 is 0 Å². The molecule has 112 valence electrons. The zero-order chi connectivity index (χ0) is 13.7. The van der Waals surface area contributed by atoms with E-state index in [4.69, 9.17) is 0 Å². The smallest absolute Gasteiger partial charge is 0.234 e. The fourth-order valence-electron chi connectivity index (χ4n) is 2.26. The topological polar surface area (TPSA) is 41.1 Å². The quantitative estimate of drug-likeness (QED) is 0.811. The van der Waals surface area contributed by atoms with E-state index in [-0.39, 0.29) is 24.4 Å². The van der Waals surface area contributed by atoms with Crippen LogP contribution in [0.4, 0.5) is 0 Å². The van der Waals surface area contributed by atoms with Gasteiger partial charge in [0.15, 0.2) is 0 Å². The minimum atomic E-state index is 0. The maximum atomic E-state index is 11.8. The molecule has 0 saturated heterocycles. The van der Waals surface area contributed by atoms with E-state index in [2.05, 4.69) is 36.6 Å². The highest BCUT2D eigenvalue weighted by molar-refractivity contribution is 5.85. The largest absolute Gasteiger partial charge is 0.352 e. The molecule has 1 atom stereocenters. The third kappa shape index (κ3) is 5.93. The predicted molar refractivity (Wildman–Crippen MR) is 85.3 cm³/mol. The molecule has 2 rings (SSSR count). The van der Waals surface area contributed by atoms with Crippen LogP contribution in [0.15, 0.2) is 24.3 Å². The summed E-state index contributed by atoms with van der Waals surface area (Å²) in [4.78, 5) is 11.8. The molecular formula is C16H25ClN2O. The van der Waals surface area contributed by atoms with Crippen molar-refractivity contribution in [3.63, 3.8) is 0 Å². The first-order valence-corrected chi connectivity index (χ1v) is 7.19. The number of amides is 1. The number of benzene rings is 1. The zero-order valence-electron chi connectivity index (χ0n) is 12.3. The van der Waals surface area contributed by atoms with E-state index in [1.165, 1.54) is 24.0 Å². The molecule has 1 amide bonds. The Labute approximate surface area is 127 Å². The van der Waals surface area contributed by atoms with Crippen molar-refractivity contribution in [1.82, 2.24) is 10.6 Å². The van der Waals surface area contributed by atoms with Gasteiger partial charge in [0.25, 0.3) is 0 Å². The van der Waals surface area contributed by atoms with Gasteiger partial charge in [0, 0.05) is 6.04 Å². The number of hydrogen-bond acceptors (Lipinski definition) is 2. The van der Waals surface area contributed by atoms with Gasteiger partial charge in [-0.15, -0.1) is 12.4 Å². The SMILES string of the molecule is Cc1ccccc1CC(C)NC(=O)CNCC1CC1.Cl. The Morgan fingerprint density at radius 1 is 1.35 bits per heavy atom. The van der Waals surface area contributed by atoms with Gasteiger partial charge in [-0.2, -0.15) is 0 Å². The van der Waals surface area contributed by atoms with Crippen molar-refractivity contribution < 1.29 is 4.79 Å². The molecule has 0 heterocycles. The molecule has 1 fully saturated rings. The van der Waals surface area contributed by atoms with Crippen molar-refractivity contribution in [3.8, 4) is 0 Å². The van der Waals surface area contributed by atoms with Gasteiger partial charge in [0.1, 0.15) is 0 Å². The van der Waals surface area contributed by atoms with Crippen molar-refractivity contribution in [2.75, 3.05) is 13.1 Å². The Morgan fingerprint density at radius 3 is 2.70 bits per heavy atom. The molecule has 2 N–H and O–H groups in total. The van der Waals surface area contributed by atoms with Crippen LogP contribution in [0, 0.1) is 12.8 Å². The number of carbonyl (C=O) groups is 1. The van der Waals surface area contributed by atoms with E-state index in [1.807, 2.05) is 12.1 Å². The van der Waals surface area contributed by atoms with Crippen LogP contribution in [0.25, 0.3) is 0 Å². The lowest BCUT2D eigenvalue weighted by Crippen LogP contribution is -2.40. The van der Waals surface area contributed by atoms with Gasteiger partial charge in [-0.25, -0.2) is 0 Å². The Kier molecular flexibility index (Phi) is 7.03. The average Bonchev–Trinajstić information content (AvgIpc) is 3.16. The highest BCUT2D eigenvalue weighted by atomic mass is 35.5. The number of halogens is 1. The highest BCUT2D eigenvalue weighted by Crippen LogP contribution is 2.27. The van der Waals surface area contributed by atoms with E-state index in [0.29, 0.717) is 6.54 Å². The second-order valence-corrected chi connectivity index (χ2v) is 5.67. The fraction of sp³-hybridized carbons (Fsp3) is 0.562. The first-order valence-electron chi connectivity index (χ1n) is 7.19. The summed E-state index contributed by atoms with van der Waals surface area (Å²) < 4.78 is 0. The number of hydrogen-bond donors (Lipinski definition) is 2. The molecule has 1 aromatic carbocycles. The van der Waals surface area contributed by atoms with Crippen LogP contribution in [0.3, 0.4) is 0 Å². The number of rotatable bonds is 7. The lowest BCUT2D eigenvalue weighted by atomic mass is 10.0. The molecule has 20 heavy (non-hydrogen) atoms. The van der Waals surface area contributed by atoms with Gasteiger partial charge >= 0.3 is 0 Å². The Morgan fingerprint density at radius 2 is 2.05 bits per heavy atom. The van der Waals surface area contributed by atoms with Crippen LogP contribution in [-0.4, -0.2) is 25.0 Å². The molecule has 4 heteroatoms. The van der Waals surface area contributed by atoms with Gasteiger partial charge in [-0.05, 0) is 56.7 Å². The molecule has 1 unspecified atom stereocenters. The van der Waals surface area contributed by atoms with E-state index in [9.17, 15) is 4.79 Å². The van der Waals surface area contributed by atoms with Gasteiger partial charge in [-0.1, -0.05) is 24.3 Å². The normalized spacial score (nSPS) is 15.3. The Hall–Kier alpha value is -1.06. The molecule has 3 nitrogen and oxygen atoms in total. The number of carbonyl (C=O) groups excluding carboxylic acids is 1. The van der Waals surface area contributed by atoms with Crippen molar-refractivity contribution in [2.45, 2.75) is 39.2 Å². The molecule has 0 aromatic heterocycles. The van der Waals surface area contributed by atoms with Crippen LogP contribution in [0.1, 0.15) is 30.9 Å². The minimum absolute atomic E-state index is 0. The van der Waals surface area contributed by atoms with E-state index in [1.54, 1.807) is 0 Å². The van der Waals surface area contributed by atoms with Crippen LogP contribution in [0.5, 0.6) is 0 Å². The second-order valence-electron chi connectivity index (χ2n) is 5.67. The molecule has 1 aromatic rings. The van der Waals surface area contributed by atoms with E-state index in [0.717, 1.165) is 18.9 Å². The third-order valence-corrected chi connectivity index (χ3v) is 3.61. The van der Waals surface area contributed by atoms with Crippen molar-refractivity contribution >= 4 is 18.3 Å². The predicted octanol–water partition coefficient (Wildman–Crippen LogP) is 2.46. The molecule has 1 aliphatic rings. The van der Waals surface area contributed by atoms with Crippen molar-refractivity contribution in [3.05, 3.63) is 35.4 Å². The summed E-state index contributed by atoms with van der Waals surface area (Å²) in [7, 11) is 0. The monoisotopic (exact) mass is 296 g/mol. The standard InChI is InChI=1S/C16H24N2O.ClH/c1-12-5-3-4-6-15(12)9-13(2)18-16(19)11-17-10-14-7-8-14;/h3-6,13-14,17H,7-11H2,1-2H3,(H,18,19);1H. The minimum Gasteiger partial charge on any atom is -0.352 e. The van der Waals surface area contributed by atoms with Gasteiger partial charge < -0.3 is 10.6 Å². The number of nitrogens with one attached hydrogen (secondary N) is 2. The lowest BCUT2D eigenvalue weighted by molar-refractivity contribution is -0.120. The zero-order valence-corrected chi connectivity index (χ0v) is 13.1. The summed E-state index contributed by atoms with van der Waals surface area (Å²) in [6, 6.07) is 8.51. The van der Waals surface area contributed by atoms with Crippen molar-refractivity contribution in [1.29, 1.82) is 0 Å². The van der Waals surface area contributed by atoms with Gasteiger partial charge in [-0.3, -0.25) is 4.79 Å². The highest BCUT2D eigenvalue weighted by Gasteiger charge is 2.20. The maximum absolute atomic E-state index is 11.8. The lowest BCUT2D eigenvalue weighted by Gasteiger charge is -2.15. The average molecular weight is 297 g/mol. The molecule has 0 spiro atoms. The first-order chi connectivity index (χ1) is 9.15. The number of aryl methyl sites for hydroxylation is 1. The van der Waals surface area contributed by atoms with Crippen LogP contribution < -0.4 is 10.6 Å². The molecule has 1 saturated carbocycles. The van der Waals surface area contributed by atoms with E-state index >= 15 is 0 Å². The summed E-state index contributed by atoms with van der Waals surface area (Å²) in [6.07, 6.45) is 3.53. The fourth-order valence-corrected chi connectivity index (χ4v) is 2.26. The summed E-state index contributed by atoms with van der Waals surface area (Å²) in [5, 5.41) is 6.26. The molecule has 0 aliphatic heterocycles. The molecule has 0 radical (unpaired) electrons. The van der Waals surface area contributed by atoms with Crippen molar-refractivity contribution in [2.24, 2.45) is 5.92 Å². The van der Waals surface area contributed by atoms with Gasteiger partial charge in [0.2, 0.25) is 5.91 Å². The molecule has 1 aliphatic carbocycles. The van der Waals surface area contributed by atoms with Crippen LogP contribution in [0.2, 0.25) is 0 Å². The summed E-state index contributed by atoms with van der Waals surface area (Å²) in [6.45, 7) is 5.60. The summed E-state index contributed by atoms with van der Waals surface area (Å²) >= 11 is 0. The molecule has 0 bridgehead atoms. The second kappa shape index (κ2) is 8.28. The Bertz CT molecular complexity index is 432. The van der Waals surface area contributed by atoms with Crippen LogP contribution in [-0.2, 0) is 11.2 Å². The summed E-state index contributed by atoms with van der Waals surface area (Å²) in [5.41, 5.74) is 2.59. The first kappa shape index (κ1) is 17.0. The van der Waals surface area contributed by atoms with Gasteiger partial charge in [0.05, 0.1) is 6.54 Å². The Balaban J connectivity index is 0.00000200. The maximum Gasteiger partial charge on any atom is 0.234 e. The summed E-state index contributed by atoms with van der Waals surface area (Å²) in [5.74, 6) is 0.916. The third-order valence-electron chi connectivity index (χ3n) is 3.61. The molecular weight excluding hydrogens is 272 g/mol. The van der Waals surface area contributed by atoms with Crippen LogP contribution >= 0.6 is 12.4 Å².